The molecule has 1 saturated heterocycles. The van der Waals surface area contributed by atoms with E-state index in [-0.39, 0.29) is 11.8 Å². The second-order valence-corrected chi connectivity index (χ2v) is 5.96. The van der Waals surface area contributed by atoms with E-state index >= 15 is 0 Å². The van der Waals surface area contributed by atoms with Gasteiger partial charge < -0.3 is 15.5 Å². The topological polar surface area (TPSA) is 44.4 Å². The van der Waals surface area contributed by atoms with E-state index in [0.717, 1.165) is 39.1 Å². The molecule has 18 heavy (non-hydrogen) atoms. The minimum Gasteiger partial charge on any atom is -0.355 e. The van der Waals surface area contributed by atoms with Crippen LogP contribution >= 0.6 is 0 Å². The first-order valence-corrected chi connectivity index (χ1v) is 7.23. The van der Waals surface area contributed by atoms with E-state index in [0.29, 0.717) is 12.0 Å². The fraction of sp³-hybridized carbons (Fsp3) is 0.929. The smallest absolute Gasteiger partial charge is 0.224 e. The fourth-order valence-electron chi connectivity index (χ4n) is 2.28. The molecule has 0 spiro atoms. The number of hydrogen-bond acceptors (Lipinski definition) is 3. The Morgan fingerprint density at radius 1 is 1.28 bits per heavy atom. The Morgan fingerprint density at radius 3 is 2.56 bits per heavy atom. The Bertz CT molecular complexity index is 253. The van der Waals surface area contributed by atoms with Crippen molar-refractivity contribution in [2.45, 2.75) is 40.2 Å². The fourth-order valence-corrected chi connectivity index (χ4v) is 2.28. The molecular weight excluding hydrogens is 226 g/mol. The van der Waals surface area contributed by atoms with E-state index in [2.05, 4.69) is 43.2 Å². The molecule has 0 unspecified atom stereocenters. The van der Waals surface area contributed by atoms with Crippen molar-refractivity contribution < 1.29 is 4.79 Å². The average Bonchev–Trinajstić information content (AvgIpc) is 2.77. The number of rotatable bonds is 7. The maximum Gasteiger partial charge on any atom is 0.224 e. The minimum atomic E-state index is 0.192. The average molecular weight is 255 g/mol. The van der Waals surface area contributed by atoms with Gasteiger partial charge in [-0.05, 0) is 39.3 Å². The lowest BCUT2D eigenvalue weighted by Gasteiger charge is -2.20. The summed E-state index contributed by atoms with van der Waals surface area (Å²) in [5.41, 5.74) is 0. The van der Waals surface area contributed by atoms with Gasteiger partial charge in [0.25, 0.3) is 0 Å². The van der Waals surface area contributed by atoms with Gasteiger partial charge in [0.2, 0.25) is 5.91 Å². The lowest BCUT2D eigenvalue weighted by Crippen LogP contribution is -2.38. The summed E-state index contributed by atoms with van der Waals surface area (Å²) in [4.78, 5) is 14.3. The van der Waals surface area contributed by atoms with Crippen molar-refractivity contribution >= 4 is 5.91 Å². The quantitative estimate of drug-likeness (QED) is 0.669. The van der Waals surface area contributed by atoms with Crippen molar-refractivity contribution in [2.75, 3.05) is 32.7 Å². The molecule has 1 aliphatic rings. The molecule has 2 N–H and O–H groups in total. The Balaban J connectivity index is 2.11. The highest BCUT2D eigenvalue weighted by atomic mass is 16.1. The molecule has 1 amide bonds. The Labute approximate surface area is 111 Å². The van der Waals surface area contributed by atoms with Crippen LogP contribution in [0.15, 0.2) is 0 Å². The molecule has 4 nitrogen and oxygen atoms in total. The van der Waals surface area contributed by atoms with E-state index in [1.807, 2.05) is 0 Å². The van der Waals surface area contributed by atoms with Gasteiger partial charge >= 0.3 is 0 Å². The molecule has 0 bridgehead atoms. The predicted molar refractivity (Wildman–Crippen MR) is 75.5 cm³/mol. The van der Waals surface area contributed by atoms with Crippen LogP contribution in [0.25, 0.3) is 0 Å². The highest BCUT2D eigenvalue weighted by Crippen LogP contribution is 2.18. The van der Waals surface area contributed by atoms with Crippen molar-refractivity contribution in [1.82, 2.24) is 15.5 Å². The second-order valence-electron chi connectivity index (χ2n) is 5.96. The lowest BCUT2D eigenvalue weighted by atomic mass is 10.1. The summed E-state index contributed by atoms with van der Waals surface area (Å²) in [6.45, 7) is 13.3. The van der Waals surface area contributed by atoms with Crippen molar-refractivity contribution in [3.05, 3.63) is 0 Å². The van der Waals surface area contributed by atoms with Crippen molar-refractivity contribution in [2.24, 2.45) is 11.8 Å². The van der Waals surface area contributed by atoms with Crippen LogP contribution < -0.4 is 10.6 Å². The summed E-state index contributed by atoms with van der Waals surface area (Å²) in [5, 5.41) is 6.36. The molecule has 0 aromatic rings. The van der Waals surface area contributed by atoms with Gasteiger partial charge in [-0.1, -0.05) is 13.8 Å². The molecule has 106 valence electrons. The maximum atomic E-state index is 11.9. The number of carbonyl (C=O) groups excluding carboxylic acids is 1. The molecule has 0 saturated carbocycles. The first-order chi connectivity index (χ1) is 8.50. The summed E-state index contributed by atoms with van der Waals surface area (Å²) in [7, 11) is 0. The van der Waals surface area contributed by atoms with E-state index in [1.54, 1.807) is 0 Å². The molecular formula is C14H29N3O. The third-order valence-electron chi connectivity index (χ3n) is 3.47. The lowest BCUT2D eigenvalue weighted by molar-refractivity contribution is -0.124. The van der Waals surface area contributed by atoms with Crippen molar-refractivity contribution in [3.8, 4) is 0 Å². The zero-order chi connectivity index (χ0) is 13.5. The van der Waals surface area contributed by atoms with E-state index in [1.165, 1.54) is 0 Å². The van der Waals surface area contributed by atoms with Crippen LogP contribution in [0.5, 0.6) is 0 Å². The van der Waals surface area contributed by atoms with Crippen molar-refractivity contribution in [3.63, 3.8) is 0 Å². The summed E-state index contributed by atoms with van der Waals surface area (Å²) in [6.07, 6.45) is 1.00. The van der Waals surface area contributed by atoms with Crippen LogP contribution in [-0.2, 0) is 4.79 Å². The molecule has 0 aromatic carbocycles. The molecule has 1 fully saturated rings. The van der Waals surface area contributed by atoms with Crippen LogP contribution in [0.3, 0.4) is 0 Å². The third-order valence-corrected chi connectivity index (χ3v) is 3.47. The van der Waals surface area contributed by atoms with E-state index in [4.69, 9.17) is 0 Å². The van der Waals surface area contributed by atoms with Crippen LogP contribution in [-0.4, -0.2) is 49.6 Å². The van der Waals surface area contributed by atoms with Gasteiger partial charge in [0.1, 0.15) is 0 Å². The summed E-state index contributed by atoms with van der Waals surface area (Å²) < 4.78 is 0. The molecule has 1 heterocycles. The molecule has 1 aliphatic heterocycles. The Morgan fingerprint density at radius 2 is 2.00 bits per heavy atom. The number of carbonyl (C=O) groups is 1. The first kappa shape index (κ1) is 15.4. The van der Waals surface area contributed by atoms with Gasteiger partial charge in [-0.15, -0.1) is 0 Å². The maximum absolute atomic E-state index is 11.9. The van der Waals surface area contributed by atoms with Gasteiger partial charge in [0.05, 0.1) is 5.92 Å². The number of likely N-dealkylation sites (tertiary alicyclic amines) is 1. The summed E-state index contributed by atoms with van der Waals surface area (Å²) >= 11 is 0. The zero-order valence-electron chi connectivity index (χ0n) is 12.3. The van der Waals surface area contributed by atoms with Crippen LogP contribution in [0.4, 0.5) is 0 Å². The standard InChI is InChI=1S/C14H29N3O/c1-11(2)9-15-6-7-16-14(18)13-5-8-17(10-13)12(3)4/h11-13,15H,5-10H2,1-4H3,(H,16,18)/t13-/m1/s1. The largest absolute Gasteiger partial charge is 0.355 e. The van der Waals surface area contributed by atoms with Gasteiger partial charge in [0, 0.05) is 25.7 Å². The van der Waals surface area contributed by atoms with Crippen LogP contribution in [0, 0.1) is 11.8 Å². The van der Waals surface area contributed by atoms with Gasteiger partial charge in [-0.25, -0.2) is 0 Å². The van der Waals surface area contributed by atoms with Crippen molar-refractivity contribution in [1.29, 1.82) is 0 Å². The van der Waals surface area contributed by atoms with Crippen LogP contribution in [0.2, 0.25) is 0 Å². The molecule has 0 aromatic heterocycles. The highest BCUT2D eigenvalue weighted by Gasteiger charge is 2.28. The Kier molecular flexibility index (Phi) is 6.65. The first-order valence-electron chi connectivity index (χ1n) is 7.23. The zero-order valence-corrected chi connectivity index (χ0v) is 12.3. The molecule has 0 aliphatic carbocycles. The minimum absolute atomic E-state index is 0.192. The number of amides is 1. The molecule has 1 atom stereocenters. The molecule has 4 heteroatoms. The Hall–Kier alpha value is -0.610. The number of hydrogen-bond donors (Lipinski definition) is 2. The number of nitrogens with zero attached hydrogens (tertiary/aromatic N) is 1. The van der Waals surface area contributed by atoms with Gasteiger partial charge in [0.15, 0.2) is 0 Å². The molecule has 0 radical (unpaired) electrons. The van der Waals surface area contributed by atoms with Gasteiger partial charge in [-0.3, -0.25) is 4.79 Å². The predicted octanol–water partition coefficient (Wildman–Crippen LogP) is 1.08. The van der Waals surface area contributed by atoms with E-state index < -0.39 is 0 Å². The van der Waals surface area contributed by atoms with E-state index in [9.17, 15) is 4.79 Å². The second kappa shape index (κ2) is 7.74. The highest BCUT2D eigenvalue weighted by molar-refractivity contribution is 5.79. The number of nitrogens with one attached hydrogen (secondary N) is 2. The molecule has 1 rings (SSSR count). The summed E-state index contributed by atoms with van der Waals surface area (Å²) in [5.74, 6) is 1.08. The summed E-state index contributed by atoms with van der Waals surface area (Å²) in [6, 6.07) is 0.551. The monoisotopic (exact) mass is 255 g/mol. The normalized spacial score (nSPS) is 20.9. The van der Waals surface area contributed by atoms with Crippen LogP contribution in [0.1, 0.15) is 34.1 Å². The third kappa shape index (κ3) is 5.36. The van der Waals surface area contributed by atoms with Gasteiger partial charge in [-0.2, -0.15) is 0 Å². The SMILES string of the molecule is CC(C)CNCCNC(=O)[C@@H]1CCN(C(C)C)C1.